The maximum atomic E-state index is 12.0. The molecule has 6 heteroatoms. The Labute approximate surface area is 96.6 Å². The van der Waals surface area contributed by atoms with Crippen molar-refractivity contribution in [1.82, 2.24) is 4.31 Å². The second-order valence-electron chi connectivity index (χ2n) is 4.08. The molecule has 0 aliphatic carbocycles. The molecule has 1 saturated heterocycles. The summed E-state index contributed by atoms with van der Waals surface area (Å²) in [7, 11) is -3.26. The zero-order valence-corrected chi connectivity index (χ0v) is 10.9. The van der Waals surface area contributed by atoms with Crippen LogP contribution in [0.5, 0.6) is 0 Å². The van der Waals surface area contributed by atoms with Crippen LogP contribution in [0, 0.1) is 0 Å². The van der Waals surface area contributed by atoms with Crippen molar-refractivity contribution >= 4 is 21.6 Å². The summed E-state index contributed by atoms with van der Waals surface area (Å²) in [5, 5.41) is -0.531. The van der Waals surface area contributed by atoms with Crippen LogP contribution in [0.25, 0.3) is 0 Å². The molecule has 1 rings (SSSR count). The number of hydrogen-bond acceptors (Lipinski definition) is 3. The van der Waals surface area contributed by atoms with Gasteiger partial charge in [-0.15, -0.1) is 11.6 Å². The zero-order valence-electron chi connectivity index (χ0n) is 9.31. The monoisotopic (exact) mass is 255 g/mol. The van der Waals surface area contributed by atoms with Gasteiger partial charge in [-0.25, -0.2) is 8.42 Å². The molecule has 1 aliphatic heterocycles. The van der Waals surface area contributed by atoms with Crippen molar-refractivity contribution < 1.29 is 13.2 Å². The Bertz CT molecular complexity index is 296. The third-order valence-corrected chi connectivity index (χ3v) is 5.32. The summed E-state index contributed by atoms with van der Waals surface area (Å²) < 4.78 is 31.0. The molecule has 3 atom stereocenters. The van der Waals surface area contributed by atoms with Gasteiger partial charge < -0.3 is 4.74 Å². The fourth-order valence-electron chi connectivity index (χ4n) is 1.67. The van der Waals surface area contributed by atoms with Gasteiger partial charge >= 0.3 is 0 Å². The lowest BCUT2D eigenvalue weighted by molar-refractivity contribution is -0.0442. The summed E-state index contributed by atoms with van der Waals surface area (Å²) in [5.41, 5.74) is 0. The van der Waals surface area contributed by atoms with Crippen LogP contribution in [-0.2, 0) is 14.8 Å². The van der Waals surface area contributed by atoms with Gasteiger partial charge in [0.1, 0.15) is 0 Å². The van der Waals surface area contributed by atoms with Gasteiger partial charge in [0.15, 0.2) is 0 Å². The Morgan fingerprint density at radius 1 is 1.40 bits per heavy atom. The minimum absolute atomic E-state index is 0.0500. The van der Waals surface area contributed by atoms with E-state index in [2.05, 4.69) is 0 Å². The molecule has 15 heavy (non-hydrogen) atoms. The first-order chi connectivity index (χ1) is 6.87. The lowest BCUT2D eigenvalue weighted by Crippen LogP contribution is -2.50. The maximum absolute atomic E-state index is 12.0. The molecule has 0 N–H and O–H groups in total. The summed E-state index contributed by atoms with van der Waals surface area (Å²) in [6, 6.07) is 0. The minimum Gasteiger partial charge on any atom is -0.373 e. The molecule has 0 aromatic rings. The van der Waals surface area contributed by atoms with E-state index in [0.29, 0.717) is 13.1 Å². The van der Waals surface area contributed by atoms with E-state index in [-0.39, 0.29) is 18.1 Å². The molecule has 0 saturated carbocycles. The largest absolute Gasteiger partial charge is 0.373 e. The van der Waals surface area contributed by atoms with Crippen molar-refractivity contribution in [3.05, 3.63) is 0 Å². The predicted octanol–water partition coefficient (Wildman–Crippen LogP) is 1.05. The van der Waals surface area contributed by atoms with Gasteiger partial charge in [0.05, 0.1) is 17.5 Å². The second-order valence-corrected chi connectivity index (χ2v) is 6.74. The van der Waals surface area contributed by atoms with Crippen LogP contribution in [0.2, 0.25) is 0 Å². The van der Waals surface area contributed by atoms with Gasteiger partial charge in [0.2, 0.25) is 10.0 Å². The average molecular weight is 256 g/mol. The number of alkyl halides is 1. The van der Waals surface area contributed by atoms with Gasteiger partial charge in [-0.2, -0.15) is 4.31 Å². The lowest BCUT2D eigenvalue weighted by Gasteiger charge is -2.35. The fraction of sp³-hybridized carbons (Fsp3) is 1.00. The first-order valence-corrected chi connectivity index (χ1v) is 7.12. The van der Waals surface area contributed by atoms with E-state index in [1.807, 2.05) is 13.8 Å². The van der Waals surface area contributed by atoms with Crippen LogP contribution >= 0.6 is 11.6 Å². The van der Waals surface area contributed by atoms with Crippen molar-refractivity contribution in [2.75, 3.05) is 19.0 Å². The van der Waals surface area contributed by atoms with E-state index >= 15 is 0 Å². The molecule has 0 aromatic heterocycles. The van der Waals surface area contributed by atoms with E-state index in [1.54, 1.807) is 6.92 Å². The first-order valence-electron chi connectivity index (χ1n) is 5.08. The van der Waals surface area contributed by atoms with Crippen LogP contribution in [0.4, 0.5) is 0 Å². The van der Waals surface area contributed by atoms with Crippen molar-refractivity contribution in [1.29, 1.82) is 0 Å². The Balaban J connectivity index is 2.79. The molecule has 0 radical (unpaired) electrons. The number of rotatable bonds is 3. The summed E-state index contributed by atoms with van der Waals surface area (Å²) in [6.45, 7) is 6.24. The summed E-state index contributed by atoms with van der Waals surface area (Å²) in [5.74, 6) is 0.127. The highest BCUT2D eigenvalue weighted by atomic mass is 35.5. The predicted molar refractivity (Wildman–Crippen MR) is 60.7 cm³/mol. The zero-order chi connectivity index (χ0) is 11.6. The van der Waals surface area contributed by atoms with Gasteiger partial charge in [0, 0.05) is 19.0 Å². The van der Waals surface area contributed by atoms with Crippen molar-refractivity contribution in [3.8, 4) is 0 Å². The molecule has 0 aromatic carbocycles. The van der Waals surface area contributed by atoms with E-state index in [0.717, 1.165) is 0 Å². The third-order valence-electron chi connectivity index (χ3n) is 2.47. The molecule has 1 fully saturated rings. The van der Waals surface area contributed by atoms with Gasteiger partial charge in [-0.1, -0.05) is 0 Å². The molecule has 0 amide bonds. The Kier molecular flexibility index (Phi) is 4.40. The highest BCUT2D eigenvalue weighted by Gasteiger charge is 2.34. The number of halogens is 1. The van der Waals surface area contributed by atoms with Crippen LogP contribution < -0.4 is 0 Å². The maximum Gasteiger partial charge on any atom is 0.218 e. The number of morpholine rings is 1. The molecule has 0 bridgehead atoms. The number of sulfonamides is 1. The van der Waals surface area contributed by atoms with E-state index in [4.69, 9.17) is 16.3 Å². The SMILES string of the molecule is CC1CN(S(=O)(=O)C(C)CCl)CC(C)O1. The molecule has 90 valence electrons. The van der Waals surface area contributed by atoms with E-state index in [9.17, 15) is 8.42 Å². The molecular weight excluding hydrogens is 238 g/mol. The standard InChI is InChI=1S/C9H18ClNO3S/c1-7-5-11(6-8(2)14-7)15(12,13)9(3)4-10/h7-9H,4-6H2,1-3H3. The first kappa shape index (κ1) is 13.2. The van der Waals surface area contributed by atoms with Crippen LogP contribution in [-0.4, -0.2) is 49.2 Å². The van der Waals surface area contributed by atoms with Crippen molar-refractivity contribution in [2.24, 2.45) is 0 Å². The molecular formula is C9H18ClNO3S. The second kappa shape index (κ2) is 4.99. The number of hydrogen-bond donors (Lipinski definition) is 0. The quantitative estimate of drug-likeness (QED) is 0.709. The summed E-state index contributed by atoms with van der Waals surface area (Å²) >= 11 is 5.59. The van der Waals surface area contributed by atoms with E-state index < -0.39 is 15.3 Å². The topological polar surface area (TPSA) is 46.6 Å². The van der Waals surface area contributed by atoms with Crippen LogP contribution in [0.3, 0.4) is 0 Å². The number of ether oxygens (including phenoxy) is 1. The van der Waals surface area contributed by atoms with Crippen molar-refractivity contribution in [3.63, 3.8) is 0 Å². The molecule has 3 unspecified atom stereocenters. The van der Waals surface area contributed by atoms with Crippen LogP contribution in [0.1, 0.15) is 20.8 Å². The summed E-state index contributed by atoms with van der Waals surface area (Å²) in [4.78, 5) is 0. The van der Waals surface area contributed by atoms with Gasteiger partial charge in [0.25, 0.3) is 0 Å². The lowest BCUT2D eigenvalue weighted by atomic mass is 10.3. The van der Waals surface area contributed by atoms with E-state index in [1.165, 1.54) is 4.31 Å². The Morgan fingerprint density at radius 3 is 2.27 bits per heavy atom. The molecule has 4 nitrogen and oxygen atoms in total. The van der Waals surface area contributed by atoms with Crippen molar-refractivity contribution in [2.45, 2.75) is 38.2 Å². The van der Waals surface area contributed by atoms with Gasteiger partial charge in [-0.05, 0) is 20.8 Å². The third kappa shape index (κ3) is 3.06. The highest BCUT2D eigenvalue weighted by molar-refractivity contribution is 7.89. The smallest absolute Gasteiger partial charge is 0.218 e. The molecule has 0 spiro atoms. The highest BCUT2D eigenvalue weighted by Crippen LogP contribution is 2.18. The summed E-state index contributed by atoms with van der Waals surface area (Å²) in [6.07, 6.45) is -0.0999. The Hall–Kier alpha value is 0.160. The number of nitrogens with zero attached hydrogens (tertiary/aromatic N) is 1. The average Bonchev–Trinajstić information content (AvgIpc) is 2.15. The molecule has 1 heterocycles. The Morgan fingerprint density at radius 2 is 1.87 bits per heavy atom. The molecule has 1 aliphatic rings. The minimum atomic E-state index is -3.26. The fourth-order valence-corrected chi connectivity index (χ4v) is 3.65. The van der Waals surface area contributed by atoms with Gasteiger partial charge in [-0.3, -0.25) is 0 Å². The normalized spacial score (nSPS) is 31.5. The van der Waals surface area contributed by atoms with Crippen LogP contribution in [0.15, 0.2) is 0 Å².